The molecule has 0 aliphatic carbocycles. The van der Waals surface area contributed by atoms with Gasteiger partial charge >= 0.3 is 5.69 Å². The summed E-state index contributed by atoms with van der Waals surface area (Å²) in [7, 11) is 1.60. The highest BCUT2D eigenvalue weighted by Gasteiger charge is 2.26. The van der Waals surface area contributed by atoms with Crippen molar-refractivity contribution < 1.29 is 9.53 Å². The van der Waals surface area contributed by atoms with Crippen molar-refractivity contribution in [2.24, 2.45) is 11.8 Å². The van der Waals surface area contributed by atoms with E-state index in [4.69, 9.17) is 10.5 Å². The Morgan fingerprint density at radius 3 is 2.28 bits per heavy atom. The molecule has 158 valence electrons. The van der Waals surface area contributed by atoms with Gasteiger partial charge in [0, 0.05) is 25.8 Å². The van der Waals surface area contributed by atoms with Gasteiger partial charge in [-0.15, -0.1) is 0 Å². The molecule has 0 radical (unpaired) electrons. The topological polar surface area (TPSA) is 110 Å². The van der Waals surface area contributed by atoms with Crippen LogP contribution in [0.3, 0.4) is 0 Å². The lowest BCUT2D eigenvalue weighted by Gasteiger charge is -2.26. The molecule has 0 bridgehead atoms. The second-order valence-corrected chi connectivity index (χ2v) is 7.94. The smallest absolute Gasteiger partial charge is 0.330 e. The van der Waals surface area contributed by atoms with Gasteiger partial charge in [0.2, 0.25) is 0 Å². The van der Waals surface area contributed by atoms with Crippen molar-refractivity contribution >= 4 is 17.4 Å². The number of carbonyl (C=O) groups excluding carboxylic acids is 1. The normalized spacial score (nSPS) is 11.3. The number of amides is 1. The lowest BCUT2D eigenvalue weighted by Crippen LogP contribution is -2.43. The van der Waals surface area contributed by atoms with E-state index >= 15 is 0 Å². The number of nitrogens with one attached hydrogen (secondary N) is 1. The molecule has 1 amide bonds. The molecule has 3 N–H and O–H groups in total. The monoisotopic (exact) mass is 402 g/mol. The number of rotatable bonds is 8. The maximum Gasteiger partial charge on any atom is 0.330 e. The third kappa shape index (κ3) is 5.35. The zero-order chi connectivity index (χ0) is 21.7. The highest BCUT2D eigenvalue weighted by Crippen LogP contribution is 2.22. The van der Waals surface area contributed by atoms with Crippen molar-refractivity contribution in [1.29, 1.82) is 0 Å². The zero-order valence-corrected chi connectivity index (χ0v) is 17.7. The quantitative estimate of drug-likeness (QED) is 0.703. The Bertz CT molecular complexity index is 958. The van der Waals surface area contributed by atoms with E-state index in [9.17, 15) is 14.4 Å². The third-order valence-corrected chi connectivity index (χ3v) is 4.34. The number of H-pyrrole nitrogens is 1. The van der Waals surface area contributed by atoms with Gasteiger partial charge in [-0.25, -0.2) is 4.79 Å². The van der Waals surface area contributed by atoms with Gasteiger partial charge in [-0.1, -0.05) is 39.8 Å². The van der Waals surface area contributed by atoms with Crippen LogP contribution in [-0.2, 0) is 17.9 Å². The number of nitrogens with zero attached hydrogens (tertiary/aromatic N) is 2. The Labute approximate surface area is 170 Å². The Balaban J connectivity index is 2.56. The summed E-state index contributed by atoms with van der Waals surface area (Å²) in [4.78, 5) is 41.8. The molecule has 0 saturated heterocycles. The number of methoxy groups -OCH3 is 1. The second kappa shape index (κ2) is 9.56. The molecule has 29 heavy (non-hydrogen) atoms. The fraction of sp³-hybridized carbons (Fsp3) is 0.476. The Hall–Kier alpha value is -2.87. The number of anilines is 2. The minimum atomic E-state index is -0.669. The zero-order valence-electron chi connectivity index (χ0n) is 17.7. The second-order valence-electron chi connectivity index (χ2n) is 7.94. The molecule has 1 aromatic heterocycles. The number of nitrogen functional groups attached to an aromatic ring is 1. The number of hydrogen-bond acceptors (Lipinski definition) is 5. The molecule has 8 heteroatoms. The highest BCUT2D eigenvalue weighted by molar-refractivity contribution is 6.07. The number of nitrogens with two attached hydrogens (primary N) is 1. The van der Waals surface area contributed by atoms with Crippen LogP contribution >= 0.6 is 0 Å². The minimum absolute atomic E-state index is 0.00236. The van der Waals surface area contributed by atoms with Gasteiger partial charge in [-0.3, -0.25) is 19.1 Å². The molecule has 0 saturated carbocycles. The van der Waals surface area contributed by atoms with Crippen molar-refractivity contribution in [3.63, 3.8) is 0 Å². The fourth-order valence-corrected chi connectivity index (χ4v) is 3.09. The number of carbonyl (C=O) groups is 1. The maximum atomic E-state index is 13.3. The van der Waals surface area contributed by atoms with E-state index in [-0.39, 0.29) is 35.8 Å². The van der Waals surface area contributed by atoms with E-state index in [1.165, 1.54) is 9.47 Å². The molecular weight excluding hydrogens is 372 g/mol. The lowest BCUT2D eigenvalue weighted by atomic mass is 10.1. The fourth-order valence-electron chi connectivity index (χ4n) is 3.09. The largest absolute Gasteiger partial charge is 0.383 e. The van der Waals surface area contributed by atoms with Crippen molar-refractivity contribution in [3.8, 4) is 0 Å². The molecule has 2 rings (SSSR count). The van der Waals surface area contributed by atoms with Crippen LogP contribution < -0.4 is 21.9 Å². The molecule has 1 heterocycles. The molecule has 1 aromatic carbocycles. The molecule has 0 spiro atoms. The van der Waals surface area contributed by atoms with Crippen LogP contribution in [0.15, 0.2) is 33.9 Å². The van der Waals surface area contributed by atoms with Crippen LogP contribution in [0.1, 0.15) is 43.6 Å². The van der Waals surface area contributed by atoms with Gasteiger partial charge in [-0.05, 0) is 29.5 Å². The lowest BCUT2D eigenvalue weighted by molar-refractivity contribution is 0.0983. The van der Waals surface area contributed by atoms with Crippen LogP contribution in [0, 0.1) is 11.8 Å². The first kappa shape index (κ1) is 22.4. The van der Waals surface area contributed by atoms with E-state index in [1.807, 2.05) is 27.7 Å². The van der Waals surface area contributed by atoms with E-state index < -0.39 is 11.2 Å². The van der Waals surface area contributed by atoms with E-state index in [2.05, 4.69) is 4.98 Å². The summed E-state index contributed by atoms with van der Waals surface area (Å²) < 4.78 is 6.40. The predicted octanol–water partition coefficient (Wildman–Crippen LogP) is 2.22. The number of hydrogen-bond donors (Lipinski definition) is 2. The first-order valence-electron chi connectivity index (χ1n) is 9.68. The number of aromatic amines is 1. The van der Waals surface area contributed by atoms with Crippen LogP contribution in [0.25, 0.3) is 0 Å². The first-order chi connectivity index (χ1) is 13.6. The molecule has 8 nitrogen and oxygen atoms in total. The minimum Gasteiger partial charge on any atom is -0.383 e. The van der Waals surface area contributed by atoms with Crippen LogP contribution in [-0.4, -0.2) is 29.1 Å². The molecule has 0 aliphatic heterocycles. The first-order valence-corrected chi connectivity index (χ1v) is 9.68. The Morgan fingerprint density at radius 2 is 1.76 bits per heavy atom. The average Bonchev–Trinajstić information content (AvgIpc) is 2.64. The molecule has 0 fully saturated rings. The number of ether oxygens (including phenoxy) is 1. The van der Waals surface area contributed by atoms with Crippen LogP contribution in [0.5, 0.6) is 0 Å². The number of aromatic nitrogens is 2. The highest BCUT2D eigenvalue weighted by atomic mass is 16.5. The molecule has 0 atom stereocenters. The van der Waals surface area contributed by atoms with Crippen molar-refractivity contribution in [3.05, 3.63) is 56.2 Å². The van der Waals surface area contributed by atoms with Gasteiger partial charge in [-0.2, -0.15) is 0 Å². The van der Waals surface area contributed by atoms with Crippen molar-refractivity contribution in [2.45, 2.75) is 40.8 Å². The van der Waals surface area contributed by atoms with E-state index in [0.29, 0.717) is 18.7 Å². The summed E-state index contributed by atoms with van der Waals surface area (Å²) in [6, 6.07) is 6.99. The maximum absolute atomic E-state index is 13.3. The molecule has 0 unspecified atom stereocenters. The van der Waals surface area contributed by atoms with Crippen molar-refractivity contribution in [2.75, 3.05) is 24.3 Å². The summed E-state index contributed by atoms with van der Waals surface area (Å²) in [5.74, 6) is -0.139. The van der Waals surface area contributed by atoms with Gasteiger partial charge in [0.1, 0.15) is 5.82 Å². The van der Waals surface area contributed by atoms with E-state index in [1.54, 1.807) is 31.4 Å². The summed E-state index contributed by atoms with van der Waals surface area (Å²) in [5.41, 5.74) is 6.33. The summed E-state index contributed by atoms with van der Waals surface area (Å²) in [6.07, 6.45) is 0. The van der Waals surface area contributed by atoms with Crippen LogP contribution in [0.4, 0.5) is 11.5 Å². The SMILES string of the molecule is COCc1ccc(C(=O)N(CC(C)C)c2c(N)n(CC(C)C)c(=O)[nH]c2=O)cc1. The molecule has 0 aliphatic rings. The average molecular weight is 402 g/mol. The Morgan fingerprint density at radius 1 is 1.14 bits per heavy atom. The van der Waals surface area contributed by atoms with E-state index in [0.717, 1.165) is 5.56 Å². The van der Waals surface area contributed by atoms with Gasteiger partial charge < -0.3 is 15.4 Å². The molecule has 2 aromatic rings. The van der Waals surface area contributed by atoms with Gasteiger partial charge in [0.05, 0.1) is 6.61 Å². The van der Waals surface area contributed by atoms with Gasteiger partial charge in [0.25, 0.3) is 11.5 Å². The van der Waals surface area contributed by atoms with Gasteiger partial charge in [0.15, 0.2) is 5.69 Å². The number of benzene rings is 1. The summed E-state index contributed by atoms with van der Waals surface area (Å²) in [5, 5.41) is 0. The third-order valence-electron chi connectivity index (χ3n) is 4.34. The predicted molar refractivity (Wildman–Crippen MR) is 114 cm³/mol. The standard InChI is InChI=1S/C21H30N4O4/c1-13(2)10-24(20(27)16-8-6-15(7-9-16)12-29-5)17-18(22)25(11-14(3)4)21(28)23-19(17)26/h6-9,13-14H,10-12,22H2,1-5H3,(H,23,26,28). The van der Waals surface area contributed by atoms with Crippen LogP contribution in [0.2, 0.25) is 0 Å². The molecular formula is C21H30N4O4. The van der Waals surface area contributed by atoms with Crippen molar-refractivity contribution in [1.82, 2.24) is 9.55 Å². The summed E-state index contributed by atoms with van der Waals surface area (Å²) >= 11 is 0. The Kier molecular flexibility index (Phi) is 7.39. The summed E-state index contributed by atoms with van der Waals surface area (Å²) in [6.45, 7) is 8.82.